The van der Waals surface area contributed by atoms with Crippen molar-refractivity contribution in [2.75, 3.05) is 26.6 Å². The summed E-state index contributed by atoms with van der Waals surface area (Å²) in [7, 11) is 4.54. The third kappa shape index (κ3) is 3.17. The molecule has 6 nitrogen and oxygen atoms in total. The number of thiazole rings is 1. The molecule has 1 amide bonds. The van der Waals surface area contributed by atoms with Crippen LogP contribution in [0.3, 0.4) is 0 Å². The maximum atomic E-state index is 12.7. The molecular formula is C19H20N2O4S. The van der Waals surface area contributed by atoms with Crippen LogP contribution in [0.1, 0.15) is 21.5 Å². The van der Waals surface area contributed by atoms with E-state index in [1.54, 1.807) is 12.1 Å². The molecule has 136 valence electrons. The second-order valence-corrected chi connectivity index (χ2v) is 6.77. The fraction of sp³-hybridized carbons (Fsp3) is 0.263. The lowest BCUT2D eigenvalue weighted by Gasteiger charge is -2.13. The Bertz CT molecular complexity index is 956. The number of anilines is 1. The normalized spacial score (nSPS) is 10.7. The number of rotatable bonds is 5. The van der Waals surface area contributed by atoms with E-state index in [9.17, 15) is 4.79 Å². The van der Waals surface area contributed by atoms with Crippen LogP contribution in [-0.2, 0) is 0 Å². The first-order valence-corrected chi connectivity index (χ1v) is 8.78. The van der Waals surface area contributed by atoms with E-state index in [0.717, 1.165) is 15.8 Å². The van der Waals surface area contributed by atoms with Crippen molar-refractivity contribution in [3.05, 3.63) is 41.0 Å². The highest BCUT2D eigenvalue weighted by molar-refractivity contribution is 7.22. The predicted octanol–water partition coefficient (Wildman–Crippen LogP) is 4.19. The molecule has 0 atom stereocenters. The summed E-state index contributed by atoms with van der Waals surface area (Å²) in [6.45, 7) is 4.07. The smallest absolute Gasteiger partial charge is 0.257 e. The Hall–Kier alpha value is -2.80. The van der Waals surface area contributed by atoms with Gasteiger partial charge in [0.25, 0.3) is 5.91 Å². The van der Waals surface area contributed by atoms with Gasteiger partial charge in [0.2, 0.25) is 5.75 Å². The monoisotopic (exact) mass is 372 g/mol. The molecule has 0 aliphatic heterocycles. The second-order valence-electron chi connectivity index (χ2n) is 5.74. The SMILES string of the molecule is COc1cc(C(=O)Nc2nc3c(C)c(C)ccc3s2)cc(OC)c1OC. The summed E-state index contributed by atoms with van der Waals surface area (Å²) in [5.74, 6) is 0.996. The number of nitrogens with zero attached hydrogens (tertiary/aromatic N) is 1. The minimum atomic E-state index is -0.294. The van der Waals surface area contributed by atoms with E-state index in [0.29, 0.717) is 27.9 Å². The van der Waals surface area contributed by atoms with E-state index < -0.39 is 0 Å². The molecule has 0 bridgehead atoms. The lowest BCUT2D eigenvalue weighted by atomic mass is 10.1. The van der Waals surface area contributed by atoms with Crippen LogP contribution in [0.25, 0.3) is 10.2 Å². The van der Waals surface area contributed by atoms with Gasteiger partial charge in [-0.3, -0.25) is 10.1 Å². The van der Waals surface area contributed by atoms with Crippen LogP contribution < -0.4 is 19.5 Å². The molecule has 3 rings (SSSR count). The molecule has 0 saturated carbocycles. The highest BCUT2D eigenvalue weighted by Gasteiger charge is 2.18. The summed E-state index contributed by atoms with van der Waals surface area (Å²) in [5, 5.41) is 3.40. The average molecular weight is 372 g/mol. The number of aromatic nitrogens is 1. The second kappa shape index (κ2) is 7.21. The molecule has 0 spiro atoms. The van der Waals surface area contributed by atoms with Gasteiger partial charge in [0.05, 0.1) is 31.5 Å². The van der Waals surface area contributed by atoms with Crippen molar-refractivity contribution < 1.29 is 19.0 Å². The molecule has 0 saturated heterocycles. The number of aryl methyl sites for hydroxylation is 2. The van der Waals surface area contributed by atoms with Crippen molar-refractivity contribution in [1.82, 2.24) is 4.98 Å². The molecule has 0 aliphatic carbocycles. The summed E-state index contributed by atoms with van der Waals surface area (Å²) >= 11 is 1.44. The van der Waals surface area contributed by atoms with E-state index in [1.165, 1.54) is 38.2 Å². The molecule has 1 N–H and O–H groups in total. The predicted molar refractivity (Wildman–Crippen MR) is 103 cm³/mol. The summed E-state index contributed by atoms with van der Waals surface area (Å²) in [4.78, 5) is 17.2. The molecule has 7 heteroatoms. The first kappa shape index (κ1) is 18.0. The Morgan fingerprint density at radius 3 is 2.27 bits per heavy atom. The van der Waals surface area contributed by atoms with Crippen LogP contribution in [0.15, 0.2) is 24.3 Å². The molecule has 26 heavy (non-hydrogen) atoms. The van der Waals surface area contributed by atoms with Crippen LogP contribution in [0.4, 0.5) is 5.13 Å². The van der Waals surface area contributed by atoms with Crippen molar-refractivity contribution >= 4 is 32.6 Å². The molecule has 1 aromatic heterocycles. The van der Waals surface area contributed by atoms with Crippen molar-refractivity contribution in [1.29, 1.82) is 0 Å². The first-order chi connectivity index (χ1) is 12.5. The number of hydrogen-bond donors (Lipinski definition) is 1. The quantitative estimate of drug-likeness (QED) is 0.727. The number of carbonyl (C=O) groups is 1. The minimum absolute atomic E-state index is 0.294. The summed E-state index contributed by atoms with van der Waals surface area (Å²) < 4.78 is 16.9. The maximum Gasteiger partial charge on any atom is 0.257 e. The molecule has 0 unspecified atom stereocenters. The number of methoxy groups -OCH3 is 3. The third-order valence-corrected chi connectivity index (χ3v) is 5.17. The number of nitrogens with one attached hydrogen (secondary N) is 1. The largest absolute Gasteiger partial charge is 0.493 e. The Morgan fingerprint density at radius 1 is 1.04 bits per heavy atom. The van der Waals surface area contributed by atoms with Gasteiger partial charge in [-0.05, 0) is 43.2 Å². The number of amides is 1. The molecule has 0 fully saturated rings. The van der Waals surface area contributed by atoms with Crippen LogP contribution in [0, 0.1) is 13.8 Å². The topological polar surface area (TPSA) is 69.7 Å². The Kier molecular flexibility index (Phi) is 4.99. The van der Waals surface area contributed by atoms with Crippen LogP contribution in [0.5, 0.6) is 17.2 Å². The first-order valence-electron chi connectivity index (χ1n) is 7.96. The third-order valence-electron chi connectivity index (χ3n) is 4.23. The fourth-order valence-electron chi connectivity index (χ4n) is 2.66. The van der Waals surface area contributed by atoms with Gasteiger partial charge in [0.1, 0.15) is 0 Å². The molecule has 1 heterocycles. The van der Waals surface area contributed by atoms with Crippen molar-refractivity contribution in [3.63, 3.8) is 0 Å². The Balaban J connectivity index is 1.94. The lowest BCUT2D eigenvalue weighted by molar-refractivity contribution is 0.102. The zero-order valence-electron chi connectivity index (χ0n) is 15.3. The van der Waals surface area contributed by atoms with Gasteiger partial charge < -0.3 is 14.2 Å². The highest BCUT2D eigenvalue weighted by Crippen LogP contribution is 2.38. The van der Waals surface area contributed by atoms with E-state index in [-0.39, 0.29) is 5.91 Å². The van der Waals surface area contributed by atoms with E-state index in [2.05, 4.69) is 16.4 Å². The molecule has 3 aromatic rings. The van der Waals surface area contributed by atoms with Crippen molar-refractivity contribution in [3.8, 4) is 17.2 Å². The van der Waals surface area contributed by atoms with E-state index in [1.807, 2.05) is 19.9 Å². The van der Waals surface area contributed by atoms with E-state index in [4.69, 9.17) is 14.2 Å². The van der Waals surface area contributed by atoms with Crippen LogP contribution in [0.2, 0.25) is 0 Å². The number of carbonyl (C=O) groups excluding carboxylic acids is 1. The van der Waals surface area contributed by atoms with Gasteiger partial charge in [-0.2, -0.15) is 0 Å². The van der Waals surface area contributed by atoms with Gasteiger partial charge >= 0.3 is 0 Å². The minimum Gasteiger partial charge on any atom is -0.493 e. The molecule has 0 aliphatic rings. The van der Waals surface area contributed by atoms with Gasteiger partial charge in [0.15, 0.2) is 16.6 Å². The van der Waals surface area contributed by atoms with Gasteiger partial charge in [-0.25, -0.2) is 4.98 Å². The summed E-state index contributed by atoms with van der Waals surface area (Å²) in [6.07, 6.45) is 0. The number of benzene rings is 2. The van der Waals surface area contributed by atoms with Crippen molar-refractivity contribution in [2.45, 2.75) is 13.8 Å². The fourth-order valence-corrected chi connectivity index (χ4v) is 3.58. The number of fused-ring (bicyclic) bond motifs is 1. The highest BCUT2D eigenvalue weighted by atomic mass is 32.1. The zero-order valence-corrected chi connectivity index (χ0v) is 16.1. The lowest BCUT2D eigenvalue weighted by Crippen LogP contribution is -2.12. The summed E-state index contributed by atoms with van der Waals surface area (Å²) in [6, 6.07) is 7.30. The van der Waals surface area contributed by atoms with E-state index >= 15 is 0 Å². The molecule has 2 aromatic carbocycles. The molecule has 0 radical (unpaired) electrons. The average Bonchev–Trinajstić information content (AvgIpc) is 3.06. The van der Waals surface area contributed by atoms with Gasteiger partial charge in [-0.1, -0.05) is 17.4 Å². The standard InChI is InChI=1S/C19H20N2O4S/c1-10-6-7-15-16(11(10)2)20-19(26-15)21-18(22)12-8-13(23-3)17(25-5)14(9-12)24-4/h6-9H,1-5H3,(H,20,21,22). The number of hydrogen-bond acceptors (Lipinski definition) is 6. The molecular weight excluding hydrogens is 352 g/mol. The maximum absolute atomic E-state index is 12.7. The Labute approximate surface area is 155 Å². The Morgan fingerprint density at radius 2 is 1.69 bits per heavy atom. The zero-order chi connectivity index (χ0) is 18.8. The number of ether oxygens (including phenoxy) is 3. The van der Waals surface area contributed by atoms with Gasteiger partial charge in [0, 0.05) is 5.56 Å². The van der Waals surface area contributed by atoms with Crippen LogP contribution >= 0.6 is 11.3 Å². The van der Waals surface area contributed by atoms with Crippen LogP contribution in [-0.4, -0.2) is 32.2 Å². The summed E-state index contributed by atoms with van der Waals surface area (Å²) in [5.41, 5.74) is 3.60. The van der Waals surface area contributed by atoms with Crippen molar-refractivity contribution in [2.24, 2.45) is 0 Å². The van der Waals surface area contributed by atoms with Gasteiger partial charge in [-0.15, -0.1) is 0 Å².